The van der Waals surface area contributed by atoms with E-state index in [0.29, 0.717) is 13.0 Å². The molecule has 2 unspecified atom stereocenters. The second-order valence-electron chi connectivity index (χ2n) is 6.41. The number of carbonyl (C=O) groups is 1. The lowest BCUT2D eigenvalue weighted by Crippen LogP contribution is -2.37. The first kappa shape index (κ1) is 15.6. The molecule has 1 aromatic rings. The number of amides is 1. The van der Waals surface area contributed by atoms with Crippen LogP contribution in [0, 0.1) is 5.92 Å². The van der Waals surface area contributed by atoms with Crippen LogP contribution in [-0.2, 0) is 4.74 Å². The normalized spacial score (nSPS) is 22.4. The van der Waals surface area contributed by atoms with Crippen LogP contribution >= 0.6 is 0 Å². The summed E-state index contributed by atoms with van der Waals surface area (Å²) in [5.74, 6) is -0.0839. The van der Waals surface area contributed by atoms with Gasteiger partial charge < -0.3 is 14.7 Å². The second kappa shape index (κ2) is 5.92. The molecule has 1 N–H and O–H groups in total. The number of nitrogens with zero attached hydrogens (tertiary/aromatic N) is 1. The number of carbonyl (C=O) groups excluding carboxylic acids is 1. The van der Waals surface area contributed by atoms with Crippen LogP contribution in [0.25, 0.3) is 0 Å². The highest BCUT2D eigenvalue weighted by atomic mass is 19.1. The van der Waals surface area contributed by atoms with Gasteiger partial charge in [0, 0.05) is 12.5 Å². The van der Waals surface area contributed by atoms with Gasteiger partial charge in [0.2, 0.25) is 0 Å². The van der Waals surface area contributed by atoms with Crippen molar-refractivity contribution in [3.8, 4) is 5.75 Å². The average Bonchev–Trinajstić information content (AvgIpc) is 2.81. The van der Waals surface area contributed by atoms with Gasteiger partial charge >= 0.3 is 6.09 Å². The number of alkyl halides is 1. The number of hydrogen-bond donors (Lipinski definition) is 1. The lowest BCUT2D eigenvalue weighted by molar-refractivity contribution is 0.0200. The Morgan fingerprint density at radius 3 is 2.52 bits per heavy atom. The van der Waals surface area contributed by atoms with Gasteiger partial charge in [-0.3, -0.25) is 4.39 Å². The number of rotatable bonds is 2. The maximum Gasteiger partial charge on any atom is 0.410 e. The van der Waals surface area contributed by atoms with Crippen molar-refractivity contribution in [1.82, 2.24) is 4.90 Å². The van der Waals surface area contributed by atoms with E-state index in [4.69, 9.17) is 4.74 Å². The van der Waals surface area contributed by atoms with Gasteiger partial charge in [-0.25, -0.2) is 4.79 Å². The molecule has 0 aliphatic carbocycles. The summed E-state index contributed by atoms with van der Waals surface area (Å²) in [6.07, 6.45) is 0.193. The predicted octanol–water partition coefficient (Wildman–Crippen LogP) is 3.66. The zero-order valence-corrected chi connectivity index (χ0v) is 12.7. The number of phenolic OH excluding ortho intramolecular Hbond substituents is 1. The molecule has 0 saturated carbocycles. The topological polar surface area (TPSA) is 49.8 Å². The highest BCUT2D eigenvalue weighted by Gasteiger charge is 2.39. The van der Waals surface area contributed by atoms with Crippen molar-refractivity contribution in [2.45, 2.75) is 38.8 Å². The smallest absolute Gasteiger partial charge is 0.410 e. The van der Waals surface area contributed by atoms with Crippen LogP contribution in [-0.4, -0.2) is 34.9 Å². The summed E-state index contributed by atoms with van der Waals surface area (Å²) in [6, 6.07) is 6.22. The molecule has 1 heterocycles. The zero-order chi connectivity index (χ0) is 15.6. The number of aromatic hydroxyl groups is 1. The third-order valence-electron chi connectivity index (χ3n) is 3.58. The van der Waals surface area contributed by atoms with Crippen molar-refractivity contribution < 1.29 is 19.0 Å². The first-order valence-corrected chi connectivity index (χ1v) is 7.16. The third-order valence-corrected chi connectivity index (χ3v) is 3.58. The van der Waals surface area contributed by atoms with Gasteiger partial charge in [-0.05, 0) is 44.9 Å². The van der Waals surface area contributed by atoms with Crippen LogP contribution in [0.2, 0.25) is 0 Å². The van der Waals surface area contributed by atoms with Crippen LogP contribution in [0.4, 0.5) is 9.18 Å². The summed E-state index contributed by atoms with van der Waals surface area (Å²) in [7, 11) is 0. The zero-order valence-electron chi connectivity index (χ0n) is 12.7. The Morgan fingerprint density at radius 1 is 1.38 bits per heavy atom. The van der Waals surface area contributed by atoms with Crippen molar-refractivity contribution in [3.05, 3.63) is 29.8 Å². The molecule has 1 aliphatic rings. The van der Waals surface area contributed by atoms with E-state index in [0.717, 1.165) is 5.56 Å². The van der Waals surface area contributed by atoms with Gasteiger partial charge in [-0.1, -0.05) is 12.1 Å². The van der Waals surface area contributed by atoms with Crippen LogP contribution < -0.4 is 0 Å². The SMILES string of the molecule is CC(C)(C)OC(=O)N1CCC(CF)C1c1ccc(O)cc1. The standard InChI is InChI=1S/C16H22FNO3/c1-16(2,3)21-15(20)18-9-8-12(10-17)14(18)11-4-6-13(19)7-5-11/h4-7,12,14,19H,8-10H2,1-3H3. The van der Waals surface area contributed by atoms with Gasteiger partial charge in [-0.2, -0.15) is 0 Å². The largest absolute Gasteiger partial charge is 0.508 e. The predicted molar refractivity (Wildman–Crippen MR) is 77.9 cm³/mol. The molecule has 21 heavy (non-hydrogen) atoms. The monoisotopic (exact) mass is 295 g/mol. The van der Waals surface area contributed by atoms with Gasteiger partial charge in [0.25, 0.3) is 0 Å². The number of hydrogen-bond acceptors (Lipinski definition) is 3. The molecule has 1 aliphatic heterocycles. The Balaban J connectivity index is 2.24. The first-order chi connectivity index (χ1) is 9.81. The Hall–Kier alpha value is -1.78. The van der Waals surface area contributed by atoms with Gasteiger partial charge in [0.05, 0.1) is 12.7 Å². The number of likely N-dealkylation sites (tertiary alicyclic amines) is 1. The molecular weight excluding hydrogens is 273 g/mol. The molecule has 1 aromatic carbocycles. The van der Waals surface area contributed by atoms with Crippen LogP contribution in [0.1, 0.15) is 38.8 Å². The maximum absolute atomic E-state index is 13.3. The molecule has 1 fully saturated rings. The van der Waals surface area contributed by atoms with E-state index in [1.165, 1.54) is 0 Å². The Kier molecular flexibility index (Phi) is 4.40. The van der Waals surface area contributed by atoms with Gasteiger partial charge in [0.15, 0.2) is 0 Å². The first-order valence-electron chi connectivity index (χ1n) is 7.16. The van der Waals surface area contributed by atoms with Crippen molar-refractivity contribution >= 4 is 6.09 Å². The highest BCUT2D eigenvalue weighted by Crippen LogP contribution is 2.38. The summed E-state index contributed by atoms with van der Waals surface area (Å²) in [4.78, 5) is 13.9. The fourth-order valence-corrected chi connectivity index (χ4v) is 2.67. The maximum atomic E-state index is 13.3. The molecule has 2 atom stereocenters. The van der Waals surface area contributed by atoms with Crippen molar-refractivity contribution in [1.29, 1.82) is 0 Å². The van der Waals surface area contributed by atoms with E-state index in [2.05, 4.69) is 0 Å². The van der Waals surface area contributed by atoms with E-state index < -0.39 is 18.4 Å². The molecule has 1 amide bonds. The second-order valence-corrected chi connectivity index (χ2v) is 6.41. The number of halogens is 1. The minimum absolute atomic E-state index is 0.150. The fraction of sp³-hybridized carbons (Fsp3) is 0.562. The quantitative estimate of drug-likeness (QED) is 0.906. The Labute approximate surface area is 124 Å². The highest BCUT2D eigenvalue weighted by molar-refractivity contribution is 5.69. The van der Waals surface area contributed by atoms with E-state index in [-0.39, 0.29) is 17.7 Å². The molecular formula is C16H22FNO3. The molecule has 5 heteroatoms. The van der Waals surface area contributed by atoms with Gasteiger partial charge in [-0.15, -0.1) is 0 Å². The molecule has 4 nitrogen and oxygen atoms in total. The molecule has 0 spiro atoms. The van der Waals surface area contributed by atoms with Crippen molar-refractivity contribution in [3.63, 3.8) is 0 Å². The van der Waals surface area contributed by atoms with Crippen molar-refractivity contribution in [2.24, 2.45) is 5.92 Å². The summed E-state index contributed by atoms with van der Waals surface area (Å²) in [5, 5.41) is 9.37. The van der Waals surface area contributed by atoms with E-state index >= 15 is 0 Å². The molecule has 0 aromatic heterocycles. The Morgan fingerprint density at radius 2 is 2.00 bits per heavy atom. The van der Waals surface area contributed by atoms with E-state index in [1.807, 2.05) is 20.8 Å². The van der Waals surface area contributed by atoms with Gasteiger partial charge in [0.1, 0.15) is 11.4 Å². The summed E-state index contributed by atoms with van der Waals surface area (Å²) >= 11 is 0. The lowest BCUT2D eigenvalue weighted by atomic mass is 9.95. The lowest BCUT2D eigenvalue weighted by Gasteiger charge is -2.30. The summed E-state index contributed by atoms with van der Waals surface area (Å²) < 4.78 is 18.7. The van der Waals surface area contributed by atoms with Crippen LogP contribution in [0.5, 0.6) is 5.75 Å². The summed E-state index contributed by atoms with van der Waals surface area (Å²) in [5.41, 5.74) is 0.239. The average molecular weight is 295 g/mol. The van der Waals surface area contributed by atoms with Crippen LogP contribution in [0.3, 0.4) is 0 Å². The number of ether oxygens (including phenoxy) is 1. The van der Waals surface area contributed by atoms with E-state index in [1.54, 1.807) is 29.2 Å². The molecule has 2 rings (SSSR count). The summed E-state index contributed by atoms with van der Waals surface area (Å²) in [6.45, 7) is 5.43. The minimum Gasteiger partial charge on any atom is -0.508 e. The van der Waals surface area contributed by atoms with E-state index in [9.17, 15) is 14.3 Å². The molecule has 1 saturated heterocycles. The molecule has 116 valence electrons. The Bertz CT molecular complexity index is 495. The fourth-order valence-electron chi connectivity index (χ4n) is 2.67. The molecule has 0 radical (unpaired) electrons. The minimum atomic E-state index is -0.579. The number of benzene rings is 1. The van der Waals surface area contributed by atoms with Crippen molar-refractivity contribution in [2.75, 3.05) is 13.2 Å². The third kappa shape index (κ3) is 3.65. The molecule has 0 bridgehead atoms. The van der Waals surface area contributed by atoms with Crippen LogP contribution in [0.15, 0.2) is 24.3 Å². The number of phenols is 1.